The minimum atomic E-state index is -3.54. The van der Waals surface area contributed by atoms with Gasteiger partial charge in [-0.1, -0.05) is 0 Å². The molecule has 21 heavy (non-hydrogen) atoms. The lowest BCUT2D eigenvalue weighted by Crippen LogP contribution is -2.23. The maximum Gasteiger partial charge on any atom is 0.242 e. The molecule has 0 bridgehead atoms. The highest BCUT2D eigenvalue weighted by Crippen LogP contribution is 2.37. The Labute approximate surface area is 123 Å². The maximum atomic E-state index is 12.4. The summed E-state index contributed by atoms with van der Waals surface area (Å²) in [4.78, 5) is 0.274. The molecule has 1 aliphatic rings. The molecule has 0 unspecified atom stereocenters. The van der Waals surface area contributed by atoms with Crippen molar-refractivity contribution in [1.29, 1.82) is 0 Å². The zero-order valence-corrected chi connectivity index (χ0v) is 12.7. The third-order valence-corrected chi connectivity index (χ3v) is 5.12. The quantitative estimate of drug-likeness (QED) is 0.733. The summed E-state index contributed by atoms with van der Waals surface area (Å²) in [6.45, 7) is 2.41. The van der Waals surface area contributed by atoms with Crippen LogP contribution in [-0.4, -0.2) is 23.2 Å². The summed E-state index contributed by atoms with van der Waals surface area (Å²) in [5, 5.41) is 6.66. The Balaban J connectivity index is 1.79. The zero-order chi connectivity index (χ0) is 15.0. The molecule has 1 aliphatic carbocycles. The average molecular weight is 309 g/mol. The third kappa shape index (κ3) is 2.87. The highest BCUT2D eigenvalue weighted by atomic mass is 32.2. The molecule has 4 N–H and O–H groups in total. The first-order chi connectivity index (χ1) is 10.0. The van der Waals surface area contributed by atoms with Crippen molar-refractivity contribution in [3.63, 3.8) is 0 Å². The van der Waals surface area contributed by atoms with Gasteiger partial charge >= 0.3 is 0 Å². The fourth-order valence-corrected chi connectivity index (χ4v) is 3.37. The minimum Gasteiger partial charge on any atom is -0.346 e. The van der Waals surface area contributed by atoms with Crippen LogP contribution >= 0.6 is 0 Å². The van der Waals surface area contributed by atoms with Gasteiger partial charge < -0.3 is 10.3 Å². The summed E-state index contributed by atoms with van der Waals surface area (Å²) in [7, 11) is -3.54. The standard InChI is InChI=1S/C13H19N5O2S/c1-9-10(6-15-17-9)7-16-21(19,20)13-4-12(5-14)18(8-13)11-2-3-11/h4,6,8,11,16H,2-3,5,7,14H2,1H3,(H,15,17). The van der Waals surface area contributed by atoms with E-state index in [-0.39, 0.29) is 11.4 Å². The number of nitrogens with two attached hydrogens (primary N) is 1. The van der Waals surface area contributed by atoms with E-state index in [2.05, 4.69) is 14.9 Å². The molecule has 0 spiro atoms. The first-order valence-electron chi connectivity index (χ1n) is 6.90. The van der Waals surface area contributed by atoms with Gasteiger partial charge in [0.1, 0.15) is 0 Å². The molecule has 1 saturated carbocycles. The smallest absolute Gasteiger partial charge is 0.242 e. The van der Waals surface area contributed by atoms with E-state index in [0.29, 0.717) is 12.6 Å². The number of sulfonamides is 1. The van der Waals surface area contributed by atoms with Crippen LogP contribution in [-0.2, 0) is 23.1 Å². The van der Waals surface area contributed by atoms with Crippen LogP contribution in [0.2, 0.25) is 0 Å². The lowest BCUT2D eigenvalue weighted by Gasteiger charge is -2.04. The molecule has 2 aromatic heterocycles. The van der Waals surface area contributed by atoms with Gasteiger partial charge in [-0.15, -0.1) is 0 Å². The summed E-state index contributed by atoms with van der Waals surface area (Å²) in [5.41, 5.74) is 8.24. The van der Waals surface area contributed by atoms with Crippen LogP contribution in [0.25, 0.3) is 0 Å². The van der Waals surface area contributed by atoms with Gasteiger partial charge in [0.05, 0.1) is 11.1 Å². The van der Waals surface area contributed by atoms with Crippen molar-refractivity contribution in [2.24, 2.45) is 5.73 Å². The Bertz CT molecular complexity index is 742. The molecule has 3 rings (SSSR count). The lowest BCUT2D eigenvalue weighted by molar-refractivity contribution is 0.580. The van der Waals surface area contributed by atoms with Gasteiger partial charge in [0.15, 0.2) is 0 Å². The van der Waals surface area contributed by atoms with Crippen LogP contribution in [0.3, 0.4) is 0 Å². The monoisotopic (exact) mass is 309 g/mol. The third-order valence-electron chi connectivity index (χ3n) is 3.75. The van der Waals surface area contributed by atoms with Crippen LogP contribution in [0, 0.1) is 6.92 Å². The van der Waals surface area contributed by atoms with Gasteiger partial charge in [-0.05, 0) is 25.8 Å². The van der Waals surface area contributed by atoms with Crippen LogP contribution in [0.1, 0.15) is 35.8 Å². The van der Waals surface area contributed by atoms with Crippen LogP contribution in [0.5, 0.6) is 0 Å². The number of aryl methyl sites for hydroxylation is 1. The fourth-order valence-electron chi connectivity index (χ4n) is 2.31. The van der Waals surface area contributed by atoms with Gasteiger partial charge in [0, 0.05) is 42.3 Å². The van der Waals surface area contributed by atoms with Crippen molar-refractivity contribution in [2.75, 3.05) is 0 Å². The number of aromatic amines is 1. The second kappa shape index (κ2) is 5.28. The van der Waals surface area contributed by atoms with Crippen molar-refractivity contribution in [1.82, 2.24) is 19.5 Å². The highest BCUT2D eigenvalue weighted by molar-refractivity contribution is 7.89. The minimum absolute atomic E-state index is 0.219. The molecule has 0 aromatic carbocycles. The van der Waals surface area contributed by atoms with E-state index in [9.17, 15) is 8.42 Å². The first-order valence-corrected chi connectivity index (χ1v) is 8.39. The van der Waals surface area contributed by atoms with E-state index >= 15 is 0 Å². The number of H-pyrrole nitrogens is 1. The molecule has 0 radical (unpaired) electrons. The molecule has 0 amide bonds. The predicted molar refractivity (Wildman–Crippen MR) is 77.9 cm³/mol. The van der Waals surface area contributed by atoms with Crippen molar-refractivity contribution >= 4 is 10.0 Å². The molecule has 7 nitrogen and oxygen atoms in total. The van der Waals surface area contributed by atoms with E-state index in [1.165, 1.54) is 0 Å². The van der Waals surface area contributed by atoms with Crippen molar-refractivity contribution in [2.45, 2.75) is 43.8 Å². The number of nitrogens with one attached hydrogen (secondary N) is 2. The second-order valence-corrected chi connectivity index (χ2v) is 7.12. The number of rotatable bonds is 6. The second-order valence-electron chi connectivity index (χ2n) is 5.35. The lowest BCUT2D eigenvalue weighted by atomic mass is 10.3. The summed E-state index contributed by atoms with van der Waals surface area (Å²) >= 11 is 0. The van der Waals surface area contributed by atoms with Crippen LogP contribution < -0.4 is 10.5 Å². The molecule has 0 saturated heterocycles. The molecule has 1 fully saturated rings. The summed E-state index contributed by atoms with van der Waals surface area (Å²) < 4.78 is 29.3. The van der Waals surface area contributed by atoms with E-state index in [1.807, 2.05) is 11.5 Å². The topological polar surface area (TPSA) is 106 Å². The molecule has 0 atom stereocenters. The fraction of sp³-hybridized carbons (Fsp3) is 0.462. The number of hydrogen-bond acceptors (Lipinski definition) is 4. The van der Waals surface area contributed by atoms with Gasteiger partial charge in [-0.25, -0.2) is 13.1 Å². The van der Waals surface area contributed by atoms with Crippen molar-refractivity contribution in [3.8, 4) is 0 Å². The predicted octanol–water partition coefficient (Wildman–Crippen LogP) is 0.792. The summed E-state index contributed by atoms with van der Waals surface area (Å²) in [6.07, 6.45) is 5.48. The Morgan fingerprint density at radius 3 is 2.86 bits per heavy atom. The normalized spacial score (nSPS) is 15.5. The molecule has 2 aromatic rings. The van der Waals surface area contributed by atoms with Crippen LogP contribution in [0.15, 0.2) is 23.4 Å². The molecule has 8 heteroatoms. The van der Waals surface area contributed by atoms with Gasteiger partial charge in [0.25, 0.3) is 0 Å². The van der Waals surface area contributed by atoms with Gasteiger partial charge in [-0.3, -0.25) is 5.10 Å². The van der Waals surface area contributed by atoms with Crippen molar-refractivity contribution in [3.05, 3.63) is 35.4 Å². The van der Waals surface area contributed by atoms with E-state index in [1.54, 1.807) is 18.5 Å². The first kappa shape index (κ1) is 14.3. The molecular formula is C13H19N5O2S. The largest absolute Gasteiger partial charge is 0.346 e. The van der Waals surface area contributed by atoms with Crippen LogP contribution in [0.4, 0.5) is 0 Å². The SMILES string of the molecule is Cc1[nH]ncc1CNS(=O)(=O)c1cc(CN)n(C2CC2)c1. The Hall–Kier alpha value is -1.64. The number of hydrogen-bond donors (Lipinski definition) is 3. The van der Waals surface area contributed by atoms with Gasteiger partial charge in [-0.2, -0.15) is 5.10 Å². The highest BCUT2D eigenvalue weighted by Gasteiger charge is 2.27. The Morgan fingerprint density at radius 2 is 2.29 bits per heavy atom. The molecule has 114 valence electrons. The Kier molecular flexibility index (Phi) is 3.60. The molecular weight excluding hydrogens is 290 g/mol. The maximum absolute atomic E-state index is 12.4. The average Bonchev–Trinajstić information content (AvgIpc) is 3.06. The summed E-state index contributed by atoms with van der Waals surface area (Å²) in [5.74, 6) is 0. The number of nitrogens with zero attached hydrogens (tertiary/aromatic N) is 2. The summed E-state index contributed by atoms with van der Waals surface area (Å²) in [6, 6.07) is 2.06. The van der Waals surface area contributed by atoms with E-state index in [0.717, 1.165) is 29.8 Å². The van der Waals surface area contributed by atoms with Gasteiger partial charge in [0.2, 0.25) is 10.0 Å². The molecule has 0 aliphatic heterocycles. The zero-order valence-electron chi connectivity index (χ0n) is 11.8. The van der Waals surface area contributed by atoms with E-state index < -0.39 is 10.0 Å². The van der Waals surface area contributed by atoms with Crippen molar-refractivity contribution < 1.29 is 8.42 Å². The van der Waals surface area contributed by atoms with E-state index in [4.69, 9.17) is 5.73 Å². The Morgan fingerprint density at radius 1 is 1.52 bits per heavy atom. The molecule has 2 heterocycles. The number of aromatic nitrogens is 3.